The van der Waals surface area contributed by atoms with Gasteiger partial charge in [0.1, 0.15) is 0 Å². The van der Waals surface area contributed by atoms with E-state index in [1.165, 1.54) is 12.0 Å². The molecule has 1 aliphatic heterocycles. The van der Waals surface area contributed by atoms with Gasteiger partial charge in [-0.05, 0) is 17.9 Å². The van der Waals surface area contributed by atoms with Gasteiger partial charge in [0.15, 0.2) is 5.96 Å². The third-order valence-corrected chi connectivity index (χ3v) is 3.56. The molecular weight excluding hydrogens is 238 g/mol. The number of aliphatic imine (C=N–C) groups is 1. The highest BCUT2D eigenvalue weighted by Gasteiger charge is 2.26. The van der Waals surface area contributed by atoms with Crippen LogP contribution in [0.25, 0.3) is 0 Å². The summed E-state index contributed by atoms with van der Waals surface area (Å²) in [7, 11) is 3.83. The van der Waals surface area contributed by atoms with Crippen LogP contribution in [0.15, 0.2) is 17.4 Å². The van der Waals surface area contributed by atoms with Gasteiger partial charge in [-0.15, -0.1) is 0 Å². The fraction of sp³-hybridized carbons (Fsp3) is 0.714. The van der Waals surface area contributed by atoms with Crippen molar-refractivity contribution in [2.45, 2.75) is 26.2 Å². The molecular formula is C14H25N5. The molecule has 0 saturated carbocycles. The van der Waals surface area contributed by atoms with Crippen molar-refractivity contribution in [1.82, 2.24) is 20.0 Å². The van der Waals surface area contributed by atoms with Gasteiger partial charge in [-0.1, -0.05) is 13.8 Å². The summed E-state index contributed by atoms with van der Waals surface area (Å²) >= 11 is 0. The van der Waals surface area contributed by atoms with Gasteiger partial charge in [0.25, 0.3) is 0 Å². The van der Waals surface area contributed by atoms with Crippen molar-refractivity contribution < 1.29 is 0 Å². The average Bonchev–Trinajstić information content (AvgIpc) is 2.98. The maximum Gasteiger partial charge on any atom is 0.193 e. The first-order valence-corrected chi connectivity index (χ1v) is 7.04. The average molecular weight is 263 g/mol. The minimum atomic E-state index is 0.575. The first kappa shape index (κ1) is 13.9. The van der Waals surface area contributed by atoms with Gasteiger partial charge in [0, 0.05) is 45.8 Å². The maximum absolute atomic E-state index is 4.39. The number of likely N-dealkylation sites (tertiary alicyclic amines) is 1. The zero-order valence-electron chi connectivity index (χ0n) is 12.4. The lowest BCUT2D eigenvalue weighted by atomic mass is 10.0. The summed E-state index contributed by atoms with van der Waals surface area (Å²) < 4.78 is 1.88. The van der Waals surface area contributed by atoms with E-state index in [-0.39, 0.29) is 0 Å². The molecule has 0 spiro atoms. The minimum absolute atomic E-state index is 0.575. The van der Waals surface area contributed by atoms with E-state index in [4.69, 9.17) is 0 Å². The molecule has 1 aromatic heterocycles. The molecule has 1 N–H and O–H groups in total. The van der Waals surface area contributed by atoms with E-state index in [0.717, 1.165) is 25.6 Å². The van der Waals surface area contributed by atoms with Crippen LogP contribution < -0.4 is 5.32 Å². The molecule has 2 heterocycles. The highest BCUT2D eigenvalue weighted by Crippen LogP contribution is 2.26. The largest absolute Gasteiger partial charge is 0.356 e. The van der Waals surface area contributed by atoms with Crippen molar-refractivity contribution >= 4 is 5.96 Å². The Kier molecular flexibility index (Phi) is 4.45. The van der Waals surface area contributed by atoms with Crippen molar-refractivity contribution in [3.8, 4) is 0 Å². The van der Waals surface area contributed by atoms with Gasteiger partial charge in [0.05, 0.1) is 6.20 Å². The molecule has 106 valence electrons. The Morgan fingerprint density at radius 2 is 2.37 bits per heavy atom. The topological polar surface area (TPSA) is 45.5 Å². The van der Waals surface area contributed by atoms with Gasteiger partial charge in [-0.3, -0.25) is 9.67 Å². The molecule has 2 rings (SSSR count). The highest BCUT2D eigenvalue weighted by molar-refractivity contribution is 5.80. The van der Waals surface area contributed by atoms with Crippen LogP contribution in [-0.2, 0) is 7.05 Å². The lowest BCUT2D eigenvalue weighted by Crippen LogP contribution is -2.41. The Morgan fingerprint density at radius 3 is 2.95 bits per heavy atom. The standard InChI is InChI=1S/C14H25N5/c1-11(2)7-16-14(15-3)19-6-5-12(10-19)13-8-17-18(4)9-13/h8-9,11-12H,5-7,10H2,1-4H3,(H,15,16). The van der Waals surface area contributed by atoms with Crippen LogP contribution >= 0.6 is 0 Å². The van der Waals surface area contributed by atoms with Gasteiger partial charge >= 0.3 is 0 Å². The third kappa shape index (κ3) is 3.49. The van der Waals surface area contributed by atoms with Gasteiger partial charge in [0.2, 0.25) is 0 Å². The molecule has 19 heavy (non-hydrogen) atoms. The number of aromatic nitrogens is 2. The fourth-order valence-corrected chi connectivity index (χ4v) is 2.50. The predicted octanol–water partition coefficient (Wildman–Crippen LogP) is 1.44. The van der Waals surface area contributed by atoms with Crippen molar-refractivity contribution in [2.75, 3.05) is 26.7 Å². The van der Waals surface area contributed by atoms with Gasteiger partial charge in [-0.2, -0.15) is 5.10 Å². The molecule has 1 atom stereocenters. The lowest BCUT2D eigenvalue weighted by Gasteiger charge is -2.22. The Labute approximate surface area is 115 Å². The quantitative estimate of drug-likeness (QED) is 0.663. The summed E-state index contributed by atoms with van der Waals surface area (Å²) in [5, 5.41) is 7.71. The molecule has 1 aliphatic rings. The lowest BCUT2D eigenvalue weighted by molar-refractivity contribution is 0.476. The van der Waals surface area contributed by atoms with Gasteiger partial charge < -0.3 is 10.2 Å². The number of nitrogens with one attached hydrogen (secondary N) is 1. The first-order chi connectivity index (χ1) is 9.10. The van der Waals surface area contributed by atoms with Crippen molar-refractivity contribution in [3.05, 3.63) is 18.0 Å². The summed E-state index contributed by atoms with van der Waals surface area (Å²) in [5.41, 5.74) is 1.34. The second kappa shape index (κ2) is 6.08. The monoisotopic (exact) mass is 263 g/mol. The Morgan fingerprint density at radius 1 is 1.58 bits per heavy atom. The number of guanidine groups is 1. The van der Waals surface area contributed by atoms with E-state index in [0.29, 0.717) is 11.8 Å². The smallest absolute Gasteiger partial charge is 0.193 e. The van der Waals surface area contributed by atoms with E-state index < -0.39 is 0 Å². The van der Waals surface area contributed by atoms with Crippen molar-refractivity contribution in [2.24, 2.45) is 18.0 Å². The Hall–Kier alpha value is -1.52. The Bertz CT molecular complexity index is 435. The molecule has 5 nitrogen and oxygen atoms in total. The number of rotatable bonds is 3. The van der Waals surface area contributed by atoms with Crippen LogP contribution in [0.1, 0.15) is 31.7 Å². The molecule has 1 aromatic rings. The molecule has 0 aromatic carbocycles. The molecule has 1 fully saturated rings. The highest BCUT2D eigenvalue weighted by atomic mass is 15.3. The van der Waals surface area contributed by atoms with Crippen molar-refractivity contribution in [3.63, 3.8) is 0 Å². The van der Waals surface area contributed by atoms with E-state index in [2.05, 4.69) is 40.4 Å². The second-order valence-electron chi connectivity index (χ2n) is 5.70. The SMILES string of the molecule is CN=C(NCC(C)C)N1CCC(c2cnn(C)c2)C1. The zero-order valence-corrected chi connectivity index (χ0v) is 12.4. The molecule has 0 radical (unpaired) electrons. The van der Waals surface area contributed by atoms with Gasteiger partial charge in [-0.25, -0.2) is 0 Å². The molecule has 1 saturated heterocycles. The van der Waals surface area contributed by atoms with Crippen LogP contribution in [0.5, 0.6) is 0 Å². The predicted molar refractivity (Wildman–Crippen MR) is 78.3 cm³/mol. The molecule has 1 unspecified atom stereocenters. The number of nitrogens with zero attached hydrogens (tertiary/aromatic N) is 4. The molecule has 0 amide bonds. The summed E-state index contributed by atoms with van der Waals surface area (Å²) in [6, 6.07) is 0. The van der Waals surface area contributed by atoms with Crippen LogP contribution in [0, 0.1) is 5.92 Å². The molecule has 0 bridgehead atoms. The number of hydrogen-bond donors (Lipinski definition) is 1. The summed E-state index contributed by atoms with van der Waals surface area (Å²) in [5.74, 6) is 2.24. The zero-order chi connectivity index (χ0) is 13.8. The van der Waals surface area contributed by atoms with Crippen LogP contribution in [0.3, 0.4) is 0 Å². The van der Waals surface area contributed by atoms with Crippen LogP contribution in [0.2, 0.25) is 0 Å². The van der Waals surface area contributed by atoms with E-state index in [1.807, 2.05) is 25.0 Å². The summed E-state index contributed by atoms with van der Waals surface area (Å²) in [4.78, 5) is 6.73. The Balaban J connectivity index is 1.93. The number of hydrogen-bond acceptors (Lipinski definition) is 2. The second-order valence-corrected chi connectivity index (χ2v) is 5.70. The summed E-state index contributed by atoms with van der Waals surface area (Å²) in [6.07, 6.45) is 5.28. The fourth-order valence-electron chi connectivity index (χ4n) is 2.50. The van der Waals surface area contributed by atoms with E-state index in [1.54, 1.807) is 0 Å². The van der Waals surface area contributed by atoms with Crippen molar-refractivity contribution in [1.29, 1.82) is 0 Å². The van der Waals surface area contributed by atoms with Crippen LogP contribution in [0.4, 0.5) is 0 Å². The molecule has 5 heteroatoms. The maximum atomic E-state index is 4.39. The first-order valence-electron chi connectivity index (χ1n) is 7.04. The normalized spacial score (nSPS) is 20.4. The number of aryl methyl sites for hydroxylation is 1. The van der Waals surface area contributed by atoms with E-state index >= 15 is 0 Å². The minimum Gasteiger partial charge on any atom is -0.356 e. The molecule has 0 aliphatic carbocycles. The summed E-state index contributed by atoms with van der Waals surface area (Å²) in [6.45, 7) is 7.49. The van der Waals surface area contributed by atoms with E-state index in [9.17, 15) is 0 Å². The third-order valence-electron chi connectivity index (χ3n) is 3.56. The van der Waals surface area contributed by atoms with Crippen LogP contribution in [-0.4, -0.2) is 47.3 Å².